The summed E-state index contributed by atoms with van der Waals surface area (Å²) in [5.41, 5.74) is 0. The highest BCUT2D eigenvalue weighted by atomic mass is 16.3. The molecule has 0 aromatic carbocycles. The van der Waals surface area contributed by atoms with E-state index in [0.29, 0.717) is 19.5 Å². The van der Waals surface area contributed by atoms with Gasteiger partial charge in [-0.15, -0.1) is 0 Å². The van der Waals surface area contributed by atoms with E-state index in [1.54, 1.807) is 0 Å². The number of carbonyl (C=O) groups excluding carboxylic acids is 1. The van der Waals surface area contributed by atoms with E-state index in [-0.39, 0.29) is 18.6 Å². The van der Waals surface area contributed by atoms with Gasteiger partial charge in [-0.25, -0.2) is 0 Å². The summed E-state index contributed by atoms with van der Waals surface area (Å²) in [6.45, 7) is 5.30. The smallest absolute Gasteiger partial charge is 0.234 e. The Morgan fingerprint density at radius 1 is 1.50 bits per heavy atom. The zero-order chi connectivity index (χ0) is 10.8. The Balaban J connectivity index is 3.35. The molecule has 14 heavy (non-hydrogen) atoms. The standard InChI is InChI=1S/C10H22N2O2/c1-3-5-9(2)12-10(14)8-11-6-4-7-13/h9,11,13H,3-8H2,1-2H3,(H,12,14). The van der Waals surface area contributed by atoms with Crippen LogP contribution in [0.4, 0.5) is 0 Å². The van der Waals surface area contributed by atoms with E-state index in [9.17, 15) is 4.79 Å². The van der Waals surface area contributed by atoms with Crippen LogP contribution in [0.3, 0.4) is 0 Å². The van der Waals surface area contributed by atoms with Gasteiger partial charge in [0.25, 0.3) is 0 Å². The van der Waals surface area contributed by atoms with Crippen LogP contribution in [0, 0.1) is 0 Å². The van der Waals surface area contributed by atoms with Crippen LogP contribution in [0.5, 0.6) is 0 Å². The van der Waals surface area contributed by atoms with Gasteiger partial charge < -0.3 is 15.7 Å². The van der Waals surface area contributed by atoms with Crippen LogP contribution in [0.15, 0.2) is 0 Å². The van der Waals surface area contributed by atoms with Crippen molar-refractivity contribution in [1.82, 2.24) is 10.6 Å². The van der Waals surface area contributed by atoms with Gasteiger partial charge in [0.05, 0.1) is 6.54 Å². The minimum absolute atomic E-state index is 0.0314. The molecule has 0 spiro atoms. The molecule has 3 N–H and O–H groups in total. The number of aliphatic hydroxyl groups excluding tert-OH is 1. The second kappa shape index (κ2) is 8.97. The Kier molecular flexibility index (Phi) is 8.57. The lowest BCUT2D eigenvalue weighted by atomic mass is 10.2. The maximum atomic E-state index is 11.3. The van der Waals surface area contributed by atoms with E-state index in [1.807, 2.05) is 6.92 Å². The molecule has 0 saturated carbocycles. The number of hydrogen-bond donors (Lipinski definition) is 3. The third-order valence-electron chi connectivity index (χ3n) is 1.93. The van der Waals surface area contributed by atoms with Crippen molar-refractivity contribution >= 4 is 5.91 Å². The van der Waals surface area contributed by atoms with E-state index in [4.69, 9.17) is 5.11 Å². The fraction of sp³-hybridized carbons (Fsp3) is 0.900. The molecule has 0 rings (SSSR count). The Hall–Kier alpha value is -0.610. The maximum Gasteiger partial charge on any atom is 0.234 e. The average Bonchev–Trinajstić information content (AvgIpc) is 2.13. The summed E-state index contributed by atoms with van der Waals surface area (Å²) < 4.78 is 0. The monoisotopic (exact) mass is 202 g/mol. The normalized spacial score (nSPS) is 12.5. The first-order valence-electron chi connectivity index (χ1n) is 5.31. The molecule has 0 saturated heterocycles. The van der Waals surface area contributed by atoms with Crippen molar-refractivity contribution < 1.29 is 9.90 Å². The quantitative estimate of drug-likeness (QED) is 0.495. The summed E-state index contributed by atoms with van der Waals surface area (Å²) >= 11 is 0. The maximum absolute atomic E-state index is 11.3. The second-order valence-corrected chi connectivity index (χ2v) is 3.51. The summed E-state index contributed by atoms with van der Waals surface area (Å²) in [6.07, 6.45) is 2.79. The Bertz CT molecular complexity index is 151. The van der Waals surface area contributed by atoms with Crippen LogP contribution in [0.2, 0.25) is 0 Å². The lowest BCUT2D eigenvalue weighted by molar-refractivity contribution is -0.120. The minimum atomic E-state index is 0.0314. The molecule has 4 heteroatoms. The highest BCUT2D eigenvalue weighted by Crippen LogP contribution is 1.93. The van der Waals surface area contributed by atoms with Gasteiger partial charge in [0, 0.05) is 12.6 Å². The Morgan fingerprint density at radius 3 is 2.79 bits per heavy atom. The molecular weight excluding hydrogens is 180 g/mol. The minimum Gasteiger partial charge on any atom is -0.396 e. The SMILES string of the molecule is CCCC(C)NC(=O)CNCCCO. The third kappa shape index (κ3) is 8.01. The van der Waals surface area contributed by atoms with Crippen molar-refractivity contribution in [2.24, 2.45) is 0 Å². The summed E-state index contributed by atoms with van der Waals surface area (Å²) in [4.78, 5) is 11.3. The number of carbonyl (C=O) groups is 1. The predicted molar refractivity (Wildman–Crippen MR) is 57.1 cm³/mol. The number of nitrogens with one attached hydrogen (secondary N) is 2. The van der Waals surface area contributed by atoms with Gasteiger partial charge >= 0.3 is 0 Å². The lowest BCUT2D eigenvalue weighted by Gasteiger charge is -2.12. The van der Waals surface area contributed by atoms with Crippen LogP contribution < -0.4 is 10.6 Å². The van der Waals surface area contributed by atoms with Gasteiger partial charge in [-0.1, -0.05) is 13.3 Å². The molecule has 0 aromatic heterocycles. The summed E-state index contributed by atoms with van der Waals surface area (Å²) in [5, 5.41) is 14.4. The van der Waals surface area contributed by atoms with E-state index < -0.39 is 0 Å². The highest BCUT2D eigenvalue weighted by molar-refractivity contribution is 5.78. The largest absolute Gasteiger partial charge is 0.396 e. The van der Waals surface area contributed by atoms with E-state index in [2.05, 4.69) is 17.6 Å². The Morgan fingerprint density at radius 2 is 2.21 bits per heavy atom. The van der Waals surface area contributed by atoms with E-state index in [1.165, 1.54) is 0 Å². The van der Waals surface area contributed by atoms with Gasteiger partial charge in [0.15, 0.2) is 0 Å². The van der Waals surface area contributed by atoms with Crippen LogP contribution in [0.25, 0.3) is 0 Å². The van der Waals surface area contributed by atoms with Gasteiger partial charge in [-0.2, -0.15) is 0 Å². The highest BCUT2D eigenvalue weighted by Gasteiger charge is 2.04. The third-order valence-corrected chi connectivity index (χ3v) is 1.93. The van der Waals surface area contributed by atoms with Crippen molar-refractivity contribution in [2.45, 2.75) is 39.2 Å². The number of amides is 1. The first kappa shape index (κ1) is 13.4. The number of aliphatic hydroxyl groups is 1. The fourth-order valence-electron chi connectivity index (χ4n) is 1.24. The zero-order valence-corrected chi connectivity index (χ0v) is 9.18. The molecule has 0 aromatic rings. The molecule has 1 atom stereocenters. The van der Waals surface area contributed by atoms with E-state index in [0.717, 1.165) is 12.8 Å². The van der Waals surface area contributed by atoms with Crippen LogP contribution in [-0.2, 0) is 4.79 Å². The second-order valence-electron chi connectivity index (χ2n) is 3.51. The molecule has 0 radical (unpaired) electrons. The van der Waals surface area contributed by atoms with E-state index >= 15 is 0 Å². The van der Waals surface area contributed by atoms with Gasteiger partial charge in [-0.3, -0.25) is 4.79 Å². The summed E-state index contributed by atoms with van der Waals surface area (Å²) in [5.74, 6) is 0.0314. The topological polar surface area (TPSA) is 61.4 Å². The van der Waals surface area contributed by atoms with Gasteiger partial charge in [0.1, 0.15) is 0 Å². The first-order valence-corrected chi connectivity index (χ1v) is 5.31. The molecule has 84 valence electrons. The first-order chi connectivity index (χ1) is 6.70. The average molecular weight is 202 g/mol. The van der Waals surface area contributed by atoms with Crippen molar-refractivity contribution in [3.05, 3.63) is 0 Å². The molecule has 0 aliphatic rings. The van der Waals surface area contributed by atoms with Crippen molar-refractivity contribution in [1.29, 1.82) is 0 Å². The molecular formula is C10H22N2O2. The molecule has 1 amide bonds. The van der Waals surface area contributed by atoms with Crippen molar-refractivity contribution in [3.8, 4) is 0 Å². The Labute approximate surface area is 86.1 Å². The number of hydrogen-bond acceptors (Lipinski definition) is 3. The van der Waals surface area contributed by atoms with Crippen LogP contribution >= 0.6 is 0 Å². The molecule has 0 bridgehead atoms. The molecule has 0 heterocycles. The zero-order valence-electron chi connectivity index (χ0n) is 9.18. The van der Waals surface area contributed by atoms with Crippen molar-refractivity contribution in [2.75, 3.05) is 19.7 Å². The molecule has 0 aliphatic carbocycles. The molecule has 0 fully saturated rings. The van der Waals surface area contributed by atoms with Gasteiger partial charge in [0.2, 0.25) is 5.91 Å². The fourth-order valence-corrected chi connectivity index (χ4v) is 1.24. The van der Waals surface area contributed by atoms with Crippen LogP contribution in [0.1, 0.15) is 33.1 Å². The van der Waals surface area contributed by atoms with Crippen LogP contribution in [-0.4, -0.2) is 36.8 Å². The molecule has 4 nitrogen and oxygen atoms in total. The molecule has 1 unspecified atom stereocenters. The van der Waals surface area contributed by atoms with Crippen molar-refractivity contribution in [3.63, 3.8) is 0 Å². The summed E-state index contributed by atoms with van der Waals surface area (Å²) in [7, 11) is 0. The lowest BCUT2D eigenvalue weighted by Crippen LogP contribution is -2.39. The van der Waals surface area contributed by atoms with Gasteiger partial charge in [-0.05, 0) is 26.3 Å². The number of rotatable bonds is 8. The molecule has 0 aliphatic heterocycles. The predicted octanol–water partition coefficient (Wildman–Crippen LogP) is 0.263. The summed E-state index contributed by atoms with van der Waals surface area (Å²) in [6, 6.07) is 0.257.